The zero-order valence-electron chi connectivity index (χ0n) is 54.9. The first-order valence-electron chi connectivity index (χ1n) is 32.5. The predicted molar refractivity (Wildman–Crippen MR) is 356 cm³/mol. The van der Waals surface area contributed by atoms with Gasteiger partial charge in [0, 0.05) is 5.92 Å². The van der Waals surface area contributed by atoms with Crippen molar-refractivity contribution in [2.75, 3.05) is 0 Å². The van der Waals surface area contributed by atoms with Crippen molar-refractivity contribution >= 4 is 0 Å². The van der Waals surface area contributed by atoms with Gasteiger partial charge in [0.05, 0.1) is 0 Å². The van der Waals surface area contributed by atoms with Gasteiger partial charge < -0.3 is 0 Å². The van der Waals surface area contributed by atoms with Gasteiger partial charge in [0.25, 0.3) is 0 Å². The summed E-state index contributed by atoms with van der Waals surface area (Å²) in [5.41, 5.74) is 21.5. The summed E-state index contributed by atoms with van der Waals surface area (Å²) in [5, 5.41) is 0. The number of hydrogen-bond donors (Lipinski definition) is 0. The van der Waals surface area contributed by atoms with Crippen molar-refractivity contribution in [1.82, 2.24) is 0 Å². The van der Waals surface area contributed by atoms with Crippen molar-refractivity contribution in [2.24, 2.45) is 32.5 Å². The van der Waals surface area contributed by atoms with Crippen LogP contribution in [-0.2, 0) is 32.1 Å². The number of aryl methyl sites for hydroxylation is 4. The summed E-state index contributed by atoms with van der Waals surface area (Å²) in [5.74, 6) is 4.53. The predicted octanol–water partition coefficient (Wildman–Crippen LogP) is 23.9. The molecule has 6 aliphatic carbocycles. The van der Waals surface area contributed by atoms with Gasteiger partial charge in [-0.2, -0.15) is 0 Å². The molecule has 0 fully saturated rings. The van der Waals surface area contributed by atoms with Gasteiger partial charge in [0.1, 0.15) is 0 Å². The highest BCUT2D eigenvalue weighted by molar-refractivity contribution is 5.54. The lowest BCUT2D eigenvalue weighted by Gasteiger charge is -2.40. The Morgan fingerprint density at radius 2 is 0.481 bits per heavy atom. The largest absolute Gasteiger partial charge is 0.0620 e. The number of hydrogen-bond acceptors (Lipinski definition) is 0. The summed E-state index contributed by atoms with van der Waals surface area (Å²) >= 11 is 0. The molecule has 0 amide bonds. The minimum Gasteiger partial charge on any atom is -0.0620 e. The minimum atomic E-state index is 0.396. The van der Waals surface area contributed by atoms with Crippen molar-refractivity contribution in [3.63, 3.8) is 0 Å². The molecule has 6 aromatic carbocycles. The lowest BCUT2D eigenvalue weighted by atomic mass is 9.65. The van der Waals surface area contributed by atoms with Crippen LogP contribution in [0.3, 0.4) is 0 Å². The summed E-state index contributed by atoms with van der Waals surface area (Å²) in [7, 11) is 0. The van der Waals surface area contributed by atoms with Crippen LogP contribution in [-0.4, -0.2) is 0 Å². The molecule has 5 unspecified atom stereocenters. The molecule has 0 aliphatic heterocycles. The van der Waals surface area contributed by atoms with Gasteiger partial charge in [0.2, 0.25) is 0 Å². The quantitative estimate of drug-likeness (QED) is 0.133. The van der Waals surface area contributed by atoms with Crippen LogP contribution in [0.5, 0.6) is 0 Å². The molecule has 0 heterocycles. The Kier molecular flexibility index (Phi) is 21.2. The van der Waals surface area contributed by atoms with Crippen LogP contribution in [0.2, 0.25) is 0 Å². The number of benzene rings is 6. The first kappa shape index (κ1) is 63.9. The van der Waals surface area contributed by atoms with Gasteiger partial charge in [0.15, 0.2) is 0 Å². The molecule has 0 saturated carbocycles. The maximum Gasteiger partial charge on any atom is 0.0144 e. The van der Waals surface area contributed by atoms with Gasteiger partial charge in [-0.15, -0.1) is 0 Å². The molecule has 0 nitrogen and oxygen atoms in total. The second-order valence-corrected chi connectivity index (χ2v) is 32.0. The third-order valence-corrected chi connectivity index (χ3v) is 19.5. The van der Waals surface area contributed by atoms with Crippen LogP contribution in [0.1, 0.15) is 291 Å². The molecule has 0 bridgehead atoms. The topological polar surface area (TPSA) is 0 Å². The first-order chi connectivity index (χ1) is 38.0. The average Bonchev–Trinajstić information content (AvgIpc) is 4.05. The van der Waals surface area contributed by atoms with E-state index in [1.54, 1.807) is 66.8 Å². The average molecular weight is 1090 g/mol. The Morgan fingerprint density at radius 1 is 0.222 bits per heavy atom. The van der Waals surface area contributed by atoms with Gasteiger partial charge in [-0.1, -0.05) is 289 Å². The fourth-order valence-electron chi connectivity index (χ4n) is 14.9. The van der Waals surface area contributed by atoms with Crippen molar-refractivity contribution < 1.29 is 0 Å². The lowest BCUT2D eigenvalue weighted by Crippen LogP contribution is -2.28. The molecule has 5 atom stereocenters. The number of fused-ring (bicyclic) bond motifs is 6. The third kappa shape index (κ3) is 17.2. The summed E-state index contributed by atoms with van der Waals surface area (Å²) in [6.45, 7) is 42.3. The summed E-state index contributed by atoms with van der Waals surface area (Å²) in [4.78, 5) is 0. The van der Waals surface area contributed by atoms with Crippen LogP contribution in [0, 0.1) is 32.5 Å². The Morgan fingerprint density at radius 3 is 0.827 bits per heavy atom. The standard InChI is InChI=1S/C16H24.C15H22.C14H20.C13H18.C12H16.C11H14/c1-16(2,3)15-12-6-4-5-9-13-10-7-8-11-14(13)15;1-15(2,3)14-11-7-5-9-12-8-4-6-10-13(12)14;1-14(2,3)13-10-6-8-11-7-4-5-9-12(11)13;1-13(2,3)12-9-8-10-6-4-5-7-11(10)12;1-12(2,3)11-8-9-6-4-5-7-10(9)11;1-11(2,3)10-8-6-4-5-7-9(8)10/h7-8,10-11,15H,4-6,9,12H2,1-3H3;4,6,8,10,14H,5,7,9,11H2,1-3H3;4-5,7,9,13H,6,8,10H2,1-3H3;4-7,12H,8-9H2,1-3H3;4-7,11H,8H2,1-3H3;4-7,10H,1-3H3. The molecule has 0 heteroatoms. The zero-order valence-corrected chi connectivity index (χ0v) is 54.9. The highest BCUT2D eigenvalue weighted by Gasteiger charge is 2.41. The van der Waals surface area contributed by atoms with E-state index in [1.807, 2.05) is 0 Å². The van der Waals surface area contributed by atoms with E-state index in [-0.39, 0.29) is 0 Å². The molecule has 0 radical (unpaired) electrons. The highest BCUT2D eigenvalue weighted by Crippen LogP contribution is 2.54. The van der Waals surface area contributed by atoms with E-state index in [2.05, 4.69) is 270 Å². The second-order valence-electron chi connectivity index (χ2n) is 32.0. The lowest BCUT2D eigenvalue weighted by molar-refractivity contribution is 0.289. The van der Waals surface area contributed by atoms with Gasteiger partial charge >= 0.3 is 0 Å². The van der Waals surface area contributed by atoms with Crippen molar-refractivity contribution in [2.45, 2.75) is 256 Å². The maximum absolute atomic E-state index is 2.38. The minimum absolute atomic E-state index is 0.396. The van der Waals surface area contributed by atoms with Crippen LogP contribution < -0.4 is 0 Å². The normalized spacial score (nSPS) is 21.0. The van der Waals surface area contributed by atoms with Gasteiger partial charge in [-0.25, -0.2) is 0 Å². The Balaban J connectivity index is 0.000000141. The van der Waals surface area contributed by atoms with Crippen molar-refractivity contribution in [3.8, 4) is 0 Å². The smallest absolute Gasteiger partial charge is 0.0144 e. The molecule has 0 saturated heterocycles. The zero-order chi connectivity index (χ0) is 59.0. The van der Waals surface area contributed by atoms with Gasteiger partial charge in [-0.05, 0) is 206 Å². The van der Waals surface area contributed by atoms with E-state index >= 15 is 0 Å². The first-order valence-corrected chi connectivity index (χ1v) is 32.5. The second kappa shape index (κ2) is 26.9. The van der Waals surface area contributed by atoms with E-state index in [0.29, 0.717) is 32.5 Å². The molecular weight excluding hydrogens is 973 g/mol. The highest BCUT2D eigenvalue weighted by atomic mass is 14.4. The molecule has 438 valence electrons. The summed E-state index contributed by atoms with van der Waals surface area (Å²) in [6.07, 6.45) is 20.1. The molecule has 12 rings (SSSR count). The number of rotatable bonds is 0. The molecule has 0 spiro atoms. The van der Waals surface area contributed by atoms with Crippen LogP contribution in [0.4, 0.5) is 0 Å². The van der Waals surface area contributed by atoms with Gasteiger partial charge in [-0.3, -0.25) is 0 Å². The molecule has 0 aromatic heterocycles. The molecule has 6 aliphatic rings. The monoisotopic (exact) mass is 1090 g/mol. The SMILES string of the molecule is CC(C)(C)C1CCCCCc2ccccc21.CC(C)(C)C1CCCCc2ccccc21.CC(C)(C)C1CCCc2ccccc21.CC(C)(C)C1CCc2ccccc21.CC(C)(C)C1Cc2ccccc21.CC(C)(C)C1c2ccccc21. The fraction of sp³-hybridized carbons (Fsp3) is 0.556. The summed E-state index contributed by atoms with van der Waals surface area (Å²) < 4.78 is 0. The van der Waals surface area contributed by atoms with E-state index in [0.717, 1.165) is 35.5 Å². The summed E-state index contributed by atoms with van der Waals surface area (Å²) in [6, 6.07) is 53.6. The van der Waals surface area contributed by atoms with Crippen LogP contribution in [0.15, 0.2) is 146 Å². The van der Waals surface area contributed by atoms with Crippen LogP contribution >= 0.6 is 0 Å². The molecule has 0 N–H and O–H groups in total. The van der Waals surface area contributed by atoms with E-state index < -0.39 is 0 Å². The van der Waals surface area contributed by atoms with Crippen molar-refractivity contribution in [1.29, 1.82) is 0 Å². The molecule has 81 heavy (non-hydrogen) atoms. The Labute approximate surface area is 498 Å². The Bertz CT molecular complexity index is 2870. The van der Waals surface area contributed by atoms with E-state index in [1.165, 1.54) is 96.3 Å². The van der Waals surface area contributed by atoms with E-state index in [4.69, 9.17) is 0 Å². The molecular formula is C81H114. The third-order valence-electron chi connectivity index (χ3n) is 19.5. The fourth-order valence-corrected chi connectivity index (χ4v) is 14.9. The molecule has 6 aromatic rings. The Hall–Kier alpha value is -4.68. The van der Waals surface area contributed by atoms with E-state index in [9.17, 15) is 0 Å². The van der Waals surface area contributed by atoms with Crippen molar-refractivity contribution in [3.05, 3.63) is 212 Å². The maximum atomic E-state index is 2.38. The van der Waals surface area contributed by atoms with Crippen LogP contribution in [0.25, 0.3) is 0 Å².